The van der Waals surface area contributed by atoms with E-state index in [1.807, 2.05) is 39.8 Å². The zero-order chi connectivity index (χ0) is 35.6. The van der Waals surface area contributed by atoms with Crippen LogP contribution >= 0.6 is 11.8 Å². The molecule has 0 amide bonds. The van der Waals surface area contributed by atoms with Gasteiger partial charge in [0.2, 0.25) is 0 Å². The predicted molar refractivity (Wildman–Crippen MR) is 179 cm³/mol. The van der Waals surface area contributed by atoms with E-state index in [2.05, 4.69) is 6.58 Å². The number of aliphatic hydroxyl groups is 1. The van der Waals surface area contributed by atoms with Gasteiger partial charge >= 0.3 is 11.9 Å². The van der Waals surface area contributed by atoms with Crippen LogP contribution in [-0.4, -0.2) is 114 Å². The molecule has 14 atom stereocenters. The van der Waals surface area contributed by atoms with Crippen molar-refractivity contribution >= 4 is 35.3 Å². The first-order valence-corrected chi connectivity index (χ1v) is 18.1. The maximum Gasteiger partial charge on any atom is 0.320 e. The van der Waals surface area contributed by atoms with Gasteiger partial charge in [-0.1, -0.05) is 33.8 Å². The Morgan fingerprint density at radius 1 is 1.04 bits per heavy atom. The van der Waals surface area contributed by atoms with Crippen molar-refractivity contribution in [2.75, 3.05) is 27.0 Å². The number of rotatable bonds is 8. The van der Waals surface area contributed by atoms with Crippen LogP contribution < -0.4 is 0 Å². The van der Waals surface area contributed by atoms with Crippen molar-refractivity contribution in [1.29, 1.82) is 0 Å². The first-order chi connectivity index (χ1) is 21.9. The minimum atomic E-state index is -1.29. The van der Waals surface area contributed by atoms with Crippen molar-refractivity contribution in [1.82, 2.24) is 4.90 Å². The van der Waals surface area contributed by atoms with Gasteiger partial charge in [-0.25, -0.2) is 0 Å². The molecular formula is C35H57NO10S. The lowest BCUT2D eigenvalue weighted by molar-refractivity contribution is -0.296. The molecule has 0 aromatic rings. The summed E-state index contributed by atoms with van der Waals surface area (Å²) in [4.78, 5) is 57.3. The number of thioether (sulfide) groups is 1. The Morgan fingerprint density at radius 2 is 1.68 bits per heavy atom. The summed E-state index contributed by atoms with van der Waals surface area (Å²) in [5, 5.41) is 10.7. The summed E-state index contributed by atoms with van der Waals surface area (Å²) in [5.41, 5.74) is -2.57. The van der Waals surface area contributed by atoms with E-state index < -0.39 is 88.4 Å². The van der Waals surface area contributed by atoms with Gasteiger partial charge in [-0.3, -0.25) is 19.2 Å². The number of fused-ring (bicyclic) bond motifs is 1. The first-order valence-electron chi connectivity index (χ1n) is 16.8. The third kappa shape index (κ3) is 7.99. The van der Waals surface area contributed by atoms with Crippen LogP contribution in [0.4, 0.5) is 0 Å². The first kappa shape index (κ1) is 39.6. The van der Waals surface area contributed by atoms with Crippen LogP contribution in [0.15, 0.2) is 12.7 Å². The molecule has 11 nitrogen and oxygen atoms in total. The fraction of sp³-hybridized carbons (Fsp3) is 0.829. The summed E-state index contributed by atoms with van der Waals surface area (Å²) >= 11 is 1.31. The third-order valence-electron chi connectivity index (χ3n) is 10.6. The molecule has 0 bridgehead atoms. The fourth-order valence-corrected chi connectivity index (χ4v) is 9.05. The summed E-state index contributed by atoms with van der Waals surface area (Å²) in [6.45, 7) is 17.9. The number of cyclic esters (lactones) is 1. The Hall–Kier alpha value is -1.83. The van der Waals surface area contributed by atoms with Gasteiger partial charge in [0.25, 0.3) is 0 Å². The number of ketones is 2. The number of hydrogen-bond acceptors (Lipinski definition) is 12. The maximum absolute atomic E-state index is 14.4. The SMILES string of the molecule is C=CCO[C@]1(C)C[C@@H](C)C(=O)[C@H](C)[C@@H]2C(SC)C(=O)O[C@]2(C)[C@@H](CC)OC(=O)[C@H](C)C(=O)[C@H](C)[C@H]1O[C@@H]1O[C@H](C)C[C@H](N(C)C)[C@H]1O. The minimum Gasteiger partial charge on any atom is -0.458 e. The Morgan fingerprint density at radius 3 is 2.23 bits per heavy atom. The van der Waals surface area contributed by atoms with Gasteiger partial charge in [0.05, 0.1) is 24.4 Å². The van der Waals surface area contributed by atoms with Gasteiger partial charge in [0.15, 0.2) is 17.7 Å². The van der Waals surface area contributed by atoms with E-state index in [9.17, 15) is 24.3 Å². The van der Waals surface area contributed by atoms with Gasteiger partial charge < -0.3 is 33.7 Å². The topological polar surface area (TPSA) is 138 Å². The Labute approximate surface area is 284 Å². The average molecular weight is 684 g/mol. The average Bonchev–Trinajstić information content (AvgIpc) is 3.29. The molecule has 3 fully saturated rings. The molecule has 0 spiro atoms. The quantitative estimate of drug-likeness (QED) is 0.226. The normalized spacial score (nSPS) is 44.0. The van der Waals surface area contributed by atoms with Crippen LogP contribution in [0.5, 0.6) is 0 Å². The smallest absolute Gasteiger partial charge is 0.320 e. The molecule has 0 saturated carbocycles. The Bertz CT molecular complexity index is 1170. The number of aliphatic hydroxyl groups excluding tert-OH is 1. The minimum absolute atomic E-state index is 0.0892. The van der Waals surface area contributed by atoms with Crippen LogP contribution in [0.2, 0.25) is 0 Å². The van der Waals surface area contributed by atoms with E-state index in [1.54, 1.807) is 40.0 Å². The molecule has 3 saturated heterocycles. The summed E-state index contributed by atoms with van der Waals surface area (Å²) in [6.07, 6.45) is 0.0461. The van der Waals surface area contributed by atoms with E-state index in [0.717, 1.165) is 0 Å². The molecule has 0 aromatic heterocycles. The number of likely N-dealkylation sites (N-methyl/N-ethyl adjacent to an activating group) is 1. The summed E-state index contributed by atoms with van der Waals surface area (Å²) in [6, 6.07) is -0.273. The van der Waals surface area contributed by atoms with Crippen molar-refractivity contribution in [3.8, 4) is 0 Å². The lowest BCUT2D eigenvalue weighted by atomic mass is 9.70. The maximum atomic E-state index is 14.4. The number of carbonyl (C=O) groups excluding carboxylic acids is 4. The van der Waals surface area contributed by atoms with Crippen molar-refractivity contribution in [2.24, 2.45) is 29.6 Å². The van der Waals surface area contributed by atoms with Crippen LogP contribution in [-0.2, 0) is 42.9 Å². The summed E-state index contributed by atoms with van der Waals surface area (Å²) in [5.74, 6) is -5.81. The highest BCUT2D eigenvalue weighted by atomic mass is 32.2. The van der Waals surface area contributed by atoms with Gasteiger partial charge in [-0.2, -0.15) is 0 Å². The van der Waals surface area contributed by atoms with E-state index >= 15 is 0 Å². The molecule has 1 N–H and O–H groups in total. The molecule has 12 heteroatoms. The van der Waals surface area contributed by atoms with Crippen LogP contribution in [0.25, 0.3) is 0 Å². The Kier molecular flexibility index (Phi) is 13.3. The van der Waals surface area contributed by atoms with Gasteiger partial charge in [0.1, 0.15) is 29.2 Å². The monoisotopic (exact) mass is 683 g/mol. The van der Waals surface area contributed by atoms with Crippen LogP contribution in [0.1, 0.15) is 74.7 Å². The fourth-order valence-electron chi connectivity index (χ4n) is 8.01. The molecule has 3 rings (SSSR count). The van der Waals surface area contributed by atoms with Crippen molar-refractivity contribution in [3.05, 3.63) is 12.7 Å². The van der Waals surface area contributed by atoms with E-state index in [0.29, 0.717) is 12.8 Å². The molecule has 47 heavy (non-hydrogen) atoms. The Balaban J connectivity index is 2.17. The molecule has 0 aliphatic carbocycles. The number of ether oxygens (including phenoxy) is 5. The number of nitrogens with zero attached hydrogens (tertiary/aromatic N) is 1. The van der Waals surface area contributed by atoms with Crippen molar-refractivity contribution < 1.29 is 48.0 Å². The number of carbonyl (C=O) groups is 4. The zero-order valence-electron chi connectivity index (χ0n) is 30.0. The van der Waals surface area contributed by atoms with Crippen molar-refractivity contribution in [3.63, 3.8) is 0 Å². The highest BCUT2D eigenvalue weighted by molar-refractivity contribution is 7.99. The molecule has 0 aromatic carbocycles. The second kappa shape index (κ2) is 15.8. The second-order valence-corrected chi connectivity index (χ2v) is 15.4. The second-order valence-electron chi connectivity index (χ2n) is 14.4. The highest BCUT2D eigenvalue weighted by Gasteiger charge is 2.61. The largest absolute Gasteiger partial charge is 0.458 e. The molecule has 1 unspecified atom stereocenters. The van der Waals surface area contributed by atoms with E-state index in [4.69, 9.17) is 23.7 Å². The lowest BCUT2D eigenvalue weighted by Crippen LogP contribution is -2.59. The summed E-state index contributed by atoms with van der Waals surface area (Å²) < 4.78 is 31.1. The molecule has 3 aliphatic heterocycles. The van der Waals surface area contributed by atoms with Gasteiger partial charge in [0, 0.05) is 29.7 Å². The molecule has 3 heterocycles. The number of esters is 2. The van der Waals surface area contributed by atoms with E-state index in [-0.39, 0.29) is 31.0 Å². The zero-order valence-corrected chi connectivity index (χ0v) is 30.8. The third-order valence-corrected chi connectivity index (χ3v) is 11.6. The van der Waals surface area contributed by atoms with Crippen LogP contribution in [0.3, 0.4) is 0 Å². The van der Waals surface area contributed by atoms with Gasteiger partial charge in [-0.15, -0.1) is 18.3 Å². The standard InChI is InChI=1S/C35H57NO10S/c1-13-15-42-34(8)17-18(3)26(37)20(5)25-29(47-12)32(41)46-35(25,9)24(14-2)44-31(40)22(7)27(38)21(6)30(34)45-33-28(39)23(36(10)11)16-19(4)43-33/h13,18-25,28-30,33,39H,1,14-17H2,2-12H3/t18-,19-,20-,21+,22-,23+,24-,25-,28-,29?,30-,33+,34-,35-/m1/s1. The molecule has 268 valence electrons. The number of Topliss-reactive ketones (excluding diaryl/α,β-unsaturated/α-hetero) is 2. The lowest BCUT2D eigenvalue weighted by Gasteiger charge is -2.47. The predicted octanol–water partition coefficient (Wildman–Crippen LogP) is 3.83. The van der Waals surface area contributed by atoms with Crippen molar-refractivity contribution in [2.45, 2.75) is 128 Å². The van der Waals surface area contributed by atoms with Crippen LogP contribution in [0, 0.1) is 29.6 Å². The number of hydrogen-bond donors (Lipinski definition) is 1. The summed E-state index contributed by atoms with van der Waals surface area (Å²) in [7, 11) is 3.74. The van der Waals surface area contributed by atoms with Gasteiger partial charge in [-0.05, 0) is 67.3 Å². The van der Waals surface area contributed by atoms with E-state index in [1.165, 1.54) is 18.7 Å². The molecule has 3 aliphatic rings. The molecular weight excluding hydrogens is 626 g/mol. The highest BCUT2D eigenvalue weighted by Crippen LogP contribution is 2.48. The molecule has 0 radical (unpaired) electrons.